The standard InChI is InChI=1S/C15H23BrN2O3S/c1-12(2)11-18(22(3,20)21)9-8-17-15(19)10-13-6-4-5-7-14(13)16/h4-7,12H,8-11H2,1-3H3,(H,17,19). The summed E-state index contributed by atoms with van der Waals surface area (Å²) in [7, 11) is -3.25. The van der Waals surface area contributed by atoms with Crippen molar-refractivity contribution in [1.82, 2.24) is 9.62 Å². The zero-order valence-corrected chi connectivity index (χ0v) is 15.6. The molecule has 0 aromatic heterocycles. The maximum Gasteiger partial charge on any atom is 0.224 e. The lowest BCUT2D eigenvalue weighted by Gasteiger charge is -2.22. The van der Waals surface area contributed by atoms with Gasteiger partial charge in [0, 0.05) is 24.1 Å². The van der Waals surface area contributed by atoms with Crippen LogP contribution in [0.2, 0.25) is 0 Å². The molecule has 5 nitrogen and oxygen atoms in total. The van der Waals surface area contributed by atoms with E-state index >= 15 is 0 Å². The largest absolute Gasteiger partial charge is 0.354 e. The fourth-order valence-electron chi connectivity index (χ4n) is 2.00. The van der Waals surface area contributed by atoms with Crippen molar-refractivity contribution in [3.05, 3.63) is 34.3 Å². The quantitative estimate of drug-likeness (QED) is 0.738. The van der Waals surface area contributed by atoms with Crippen molar-refractivity contribution in [2.24, 2.45) is 5.92 Å². The Bertz CT molecular complexity index is 603. The van der Waals surface area contributed by atoms with Gasteiger partial charge in [-0.2, -0.15) is 0 Å². The number of carbonyl (C=O) groups excluding carboxylic acids is 1. The lowest BCUT2D eigenvalue weighted by Crippen LogP contribution is -2.40. The third-order valence-electron chi connectivity index (χ3n) is 3.03. The Hall–Kier alpha value is -0.920. The van der Waals surface area contributed by atoms with Crippen molar-refractivity contribution in [2.75, 3.05) is 25.9 Å². The fraction of sp³-hybridized carbons (Fsp3) is 0.533. The van der Waals surface area contributed by atoms with E-state index < -0.39 is 10.0 Å². The number of halogens is 1. The number of sulfonamides is 1. The van der Waals surface area contributed by atoms with Crippen LogP contribution in [-0.2, 0) is 21.2 Å². The molecule has 7 heteroatoms. The summed E-state index contributed by atoms with van der Waals surface area (Å²) in [6.45, 7) is 4.98. The molecule has 1 rings (SSSR count). The van der Waals surface area contributed by atoms with Crippen LogP contribution >= 0.6 is 15.9 Å². The molecule has 0 fully saturated rings. The number of rotatable bonds is 8. The number of benzene rings is 1. The normalized spacial score (nSPS) is 11.9. The molecule has 0 aliphatic carbocycles. The molecule has 22 heavy (non-hydrogen) atoms. The van der Waals surface area contributed by atoms with Gasteiger partial charge in [-0.3, -0.25) is 4.79 Å². The van der Waals surface area contributed by atoms with Crippen molar-refractivity contribution in [3.8, 4) is 0 Å². The first-order valence-electron chi connectivity index (χ1n) is 7.15. The first-order chi connectivity index (χ1) is 10.2. The van der Waals surface area contributed by atoms with Gasteiger partial charge in [-0.15, -0.1) is 0 Å². The third kappa shape index (κ3) is 6.89. The van der Waals surface area contributed by atoms with E-state index in [0.717, 1.165) is 10.0 Å². The average molecular weight is 391 g/mol. The molecule has 1 aromatic carbocycles. The molecule has 1 amide bonds. The number of carbonyl (C=O) groups is 1. The zero-order valence-electron chi connectivity index (χ0n) is 13.2. The first-order valence-corrected chi connectivity index (χ1v) is 9.79. The molecule has 0 saturated carbocycles. The molecular formula is C15H23BrN2O3S. The van der Waals surface area contributed by atoms with Crippen molar-refractivity contribution in [3.63, 3.8) is 0 Å². The lowest BCUT2D eigenvalue weighted by atomic mass is 10.1. The number of amides is 1. The minimum absolute atomic E-state index is 0.120. The molecule has 0 spiro atoms. The number of hydrogen-bond donors (Lipinski definition) is 1. The van der Waals surface area contributed by atoms with Crippen LogP contribution in [0.5, 0.6) is 0 Å². The molecule has 124 valence electrons. The van der Waals surface area contributed by atoms with E-state index in [1.165, 1.54) is 10.6 Å². The molecule has 0 atom stereocenters. The first kappa shape index (κ1) is 19.1. The van der Waals surface area contributed by atoms with E-state index in [2.05, 4.69) is 21.2 Å². The summed E-state index contributed by atoms with van der Waals surface area (Å²) >= 11 is 3.40. The molecule has 1 N–H and O–H groups in total. The molecule has 0 aliphatic heterocycles. The van der Waals surface area contributed by atoms with E-state index in [4.69, 9.17) is 0 Å². The summed E-state index contributed by atoms with van der Waals surface area (Å²) in [6, 6.07) is 7.53. The van der Waals surface area contributed by atoms with Crippen LogP contribution in [0.25, 0.3) is 0 Å². The Morgan fingerprint density at radius 3 is 2.50 bits per heavy atom. The molecule has 0 unspecified atom stereocenters. The number of nitrogens with one attached hydrogen (secondary N) is 1. The maximum atomic E-state index is 11.9. The second kappa shape index (κ2) is 8.64. The van der Waals surface area contributed by atoms with Gasteiger partial charge >= 0.3 is 0 Å². The van der Waals surface area contributed by atoms with Crippen LogP contribution in [0.4, 0.5) is 0 Å². The molecule has 0 heterocycles. The van der Waals surface area contributed by atoms with Gasteiger partial charge in [0.05, 0.1) is 12.7 Å². The highest BCUT2D eigenvalue weighted by molar-refractivity contribution is 9.10. The van der Waals surface area contributed by atoms with E-state index in [9.17, 15) is 13.2 Å². The van der Waals surface area contributed by atoms with Crippen molar-refractivity contribution in [1.29, 1.82) is 0 Å². The summed E-state index contributed by atoms with van der Waals surface area (Å²) in [6.07, 6.45) is 1.46. The average Bonchev–Trinajstić information content (AvgIpc) is 2.39. The summed E-state index contributed by atoms with van der Waals surface area (Å²) < 4.78 is 25.7. The van der Waals surface area contributed by atoms with Gasteiger partial charge in [0.2, 0.25) is 15.9 Å². The Morgan fingerprint density at radius 1 is 1.32 bits per heavy atom. The number of hydrogen-bond acceptors (Lipinski definition) is 3. The van der Waals surface area contributed by atoms with E-state index in [1.54, 1.807) is 0 Å². The zero-order chi connectivity index (χ0) is 16.8. The summed E-state index contributed by atoms with van der Waals surface area (Å²) in [5.74, 6) is 0.121. The van der Waals surface area contributed by atoms with E-state index in [1.807, 2.05) is 38.1 Å². The Morgan fingerprint density at radius 2 is 1.95 bits per heavy atom. The molecule has 0 saturated heterocycles. The highest BCUT2D eigenvalue weighted by Crippen LogP contribution is 2.16. The maximum absolute atomic E-state index is 11.9. The van der Waals surface area contributed by atoms with Gasteiger partial charge < -0.3 is 5.32 Å². The second-order valence-corrected chi connectivity index (χ2v) is 8.47. The predicted molar refractivity (Wildman–Crippen MR) is 92.1 cm³/mol. The van der Waals surface area contributed by atoms with Gasteiger partial charge in [-0.25, -0.2) is 12.7 Å². The molecule has 0 aliphatic rings. The monoisotopic (exact) mass is 390 g/mol. The summed E-state index contributed by atoms with van der Waals surface area (Å²) in [4.78, 5) is 11.9. The minimum atomic E-state index is -3.25. The summed E-state index contributed by atoms with van der Waals surface area (Å²) in [5.41, 5.74) is 0.905. The van der Waals surface area contributed by atoms with Crippen molar-refractivity contribution in [2.45, 2.75) is 20.3 Å². The van der Waals surface area contributed by atoms with Crippen LogP contribution in [-0.4, -0.2) is 44.5 Å². The van der Waals surface area contributed by atoms with Crippen molar-refractivity contribution >= 4 is 31.9 Å². The van der Waals surface area contributed by atoms with Gasteiger partial charge in [-0.05, 0) is 17.5 Å². The third-order valence-corrected chi connectivity index (χ3v) is 5.07. The van der Waals surface area contributed by atoms with Gasteiger partial charge in [0.1, 0.15) is 0 Å². The molecule has 0 bridgehead atoms. The van der Waals surface area contributed by atoms with Crippen LogP contribution in [0.15, 0.2) is 28.7 Å². The van der Waals surface area contributed by atoms with Gasteiger partial charge in [-0.1, -0.05) is 48.0 Å². The van der Waals surface area contributed by atoms with E-state index in [0.29, 0.717) is 19.6 Å². The van der Waals surface area contributed by atoms with Crippen LogP contribution in [0.3, 0.4) is 0 Å². The highest BCUT2D eigenvalue weighted by atomic mass is 79.9. The summed E-state index contributed by atoms with van der Waals surface area (Å²) in [5, 5.41) is 2.77. The van der Waals surface area contributed by atoms with Gasteiger partial charge in [0.15, 0.2) is 0 Å². The SMILES string of the molecule is CC(C)CN(CCNC(=O)Cc1ccccc1Br)S(C)(=O)=O. The lowest BCUT2D eigenvalue weighted by molar-refractivity contribution is -0.120. The fourth-order valence-corrected chi connectivity index (χ4v) is 3.41. The molecular weight excluding hydrogens is 368 g/mol. The topological polar surface area (TPSA) is 66.5 Å². The second-order valence-electron chi connectivity index (χ2n) is 5.63. The Labute approximate surface area is 141 Å². The Balaban J connectivity index is 2.48. The molecule has 1 aromatic rings. The number of nitrogens with zero attached hydrogens (tertiary/aromatic N) is 1. The van der Waals surface area contributed by atoms with Crippen LogP contribution in [0.1, 0.15) is 19.4 Å². The Kier molecular flexibility index (Phi) is 7.52. The van der Waals surface area contributed by atoms with Crippen LogP contribution < -0.4 is 5.32 Å². The highest BCUT2D eigenvalue weighted by Gasteiger charge is 2.17. The van der Waals surface area contributed by atoms with Crippen LogP contribution in [0, 0.1) is 5.92 Å². The van der Waals surface area contributed by atoms with Crippen molar-refractivity contribution < 1.29 is 13.2 Å². The predicted octanol–water partition coefficient (Wildman–Crippen LogP) is 2.03. The minimum Gasteiger partial charge on any atom is -0.354 e. The smallest absolute Gasteiger partial charge is 0.224 e. The van der Waals surface area contributed by atoms with Gasteiger partial charge in [0.25, 0.3) is 0 Å². The molecule has 0 radical (unpaired) electrons. The van der Waals surface area contributed by atoms with E-state index in [-0.39, 0.29) is 18.2 Å².